The number of hydrogen-bond donors (Lipinski definition) is 5. The average Bonchev–Trinajstić information content (AvgIpc) is 2.27. The molecule has 0 aromatic rings. The van der Waals surface area contributed by atoms with E-state index in [1.54, 1.807) is 0 Å². The second-order valence-corrected chi connectivity index (χ2v) is 2.31. The summed E-state index contributed by atoms with van der Waals surface area (Å²) in [5, 5.41) is 43.1. The van der Waals surface area contributed by atoms with Gasteiger partial charge in [-0.15, -0.1) is 13.2 Å². The van der Waals surface area contributed by atoms with Crippen molar-refractivity contribution < 1.29 is 30.3 Å². The number of ketones is 1. The molecule has 6 heteroatoms. The fourth-order valence-electron chi connectivity index (χ4n) is 0.602. The van der Waals surface area contributed by atoms with E-state index in [-0.39, 0.29) is 0 Å². The van der Waals surface area contributed by atoms with Crippen molar-refractivity contribution in [2.75, 3.05) is 13.2 Å². The van der Waals surface area contributed by atoms with Crippen LogP contribution in [-0.4, -0.2) is 62.8 Å². The van der Waals surface area contributed by atoms with Gasteiger partial charge >= 0.3 is 0 Å². The van der Waals surface area contributed by atoms with Crippen molar-refractivity contribution in [2.45, 2.75) is 18.3 Å². The van der Waals surface area contributed by atoms with Gasteiger partial charge in [0.15, 0.2) is 5.78 Å². The average molecular weight is 208 g/mol. The van der Waals surface area contributed by atoms with Crippen molar-refractivity contribution in [1.29, 1.82) is 0 Å². The number of carbonyl (C=O) groups is 1. The van der Waals surface area contributed by atoms with Crippen LogP contribution in [-0.2, 0) is 4.79 Å². The van der Waals surface area contributed by atoms with Crippen LogP contribution in [0.4, 0.5) is 0 Å². The molecule has 6 nitrogen and oxygen atoms in total. The lowest BCUT2D eigenvalue weighted by molar-refractivity contribution is -0.142. The van der Waals surface area contributed by atoms with Crippen molar-refractivity contribution in [2.24, 2.45) is 0 Å². The third-order valence-corrected chi connectivity index (χ3v) is 1.39. The van der Waals surface area contributed by atoms with Crippen LogP contribution in [0.2, 0.25) is 0 Å². The van der Waals surface area contributed by atoms with Crippen molar-refractivity contribution in [3.05, 3.63) is 13.2 Å². The van der Waals surface area contributed by atoms with Gasteiger partial charge < -0.3 is 25.5 Å². The minimum Gasteiger partial charge on any atom is -0.394 e. The van der Waals surface area contributed by atoms with E-state index in [0.717, 1.165) is 0 Å². The molecule has 0 amide bonds. The lowest BCUT2D eigenvalue weighted by atomic mass is 10.1. The zero-order valence-electron chi connectivity index (χ0n) is 7.70. The second kappa shape index (κ2) is 8.79. The van der Waals surface area contributed by atoms with Crippen molar-refractivity contribution in [1.82, 2.24) is 0 Å². The van der Waals surface area contributed by atoms with Crippen molar-refractivity contribution >= 4 is 5.78 Å². The minimum absolute atomic E-state index is 0.767. The first kappa shape index (κ1) is 15.7. The van der Waals surface area contributed by atoms with Crippen LogP contribution in [0, 0.1) is 0 Å². The summed E-state index contributed by atoms with van der Waals surface area (Å²) < 4.78 is 0. The van der Waals surface area contributed by atoms with Gasteiger partial charge in [-0.1, -0.05) is 0 Å². The SMILES string of the molecule is C=C.O=C(CO)[C@H](O)[C@@H](O)[C@H](O)CO. The lowest BCUT2D eigenvalue weighted by Gasteiger charge is -2.19. The summed E-state index contributed by atoms with van der Waals surface area (Å²) in [5.74, 6) is -1.00. The molecule has 0 spiro atoms. The first-order chi connectivity index (χ1) is 6.54. The monoisotopic (exact) mass is 208 g/mol. The summed E-state index contributed by atoms with van der Waals surface area (Å²) in [7, 11) is 0. The van der Waals surface area contributed by atoms with Gasteiger partial charge in [0.25, 0.3) is 0 Å². The van der Waals surface area contributed by atoms with Crippen LogP contribution < -0.4 is 0 Å². The number of Topliss-reactive ketones (excluding diaryl/α,β-unsaturated/α-hetero) is 1. The Morgan fingerprint density at radius 3 is 1.86 bits per heavy atom. The zero-order chi connectivity index (χ0) is 11.7. The number of aliphatic hydroxyl groups is 5. The van der Waals surface area contributed by atoms with E-state index in [1.165, 1.54) is 0 Å². The fraction of sp³-hybridized carbons (Fsp3) is 0.625. The standard InChI is InChI=1S/C6H12O6.C2H4/c7-1-3(9)5(11)6(12)4(10)2-8;1-2/h3,5-9,11-12H,1-2H2;1-2H2/t3-,5+,6+;/m1./s1. The molecule has 0 aliphatic heterocycles. The Kier molecular flexibility index (Phi) is 9.84. The maximum absolute atomic E-state index is 10.5. The highest BCUT2D eigenvalue weighted by molar-refractivity contribution is 5.84. The number of aliphatic hydroxyl groups excluding tert-OH is 5. The number of rotatable bonds is 5. The van der Waals surface area contributed by atoms with E-state index in [1.807, 2.05) is 0 Å². The first-order valence-electron chi connectivity index (χ1n) is 3.83. The molecule has 0 heterocycles. The number of hydrogen-bond acceptors (Lipinski definition) is 6. The smallest absolute Gasteiger partial charge is 0.189 e. The molecule has 0 aromatic heterocycles. The topological polar surface area (TPSA) is 118 Å². The van der Waals surface area contributed by atoms with Gasteiger partial charge in [0.1, 0.15) is 24.9 Å². The summed E-state index contributed by atoms with van der Waals surface area (Å²) in [6.45, 7) is 4.31. The van der Waals surface area contributed by atoms with E-state index in [2.05, 4.69) is 13.2 Å². The van der Waals surface area contributed by atoms with Crippen molar-refractivity contribution in [3.63, 3.8) is 0 Å². The molecule has 0 aromatic carbocycles. The third kappa shape index (κ3) is 5.05. The van der Waals surface area contributed by atoms with Gasteiger partial charge in [-0.25, -0.2) is 0 Å². The Labute approximate surface area is 81.7 Å². The largest absolute Gasteiger partial charge is 0.394 e. The van der Waals surface area contributed by atoms with Gasteiger partial charge in [-0.3, -0.25) is 4.79 Å². The van der Waals surface area contributed by atoms with E-state index < -0.39 is 37.3 Å². The molecule has 0 aliphatic carbocycles. The van der Waals surface area contributed by atoms with Crippen LogP contribution in [0.5, 0.6) is 0 Å². The van der Waals surface area contributed by atoms with Crippen molar-refractivity contribution in [3.8, 4) is 0 Å². The van der Waals surface area contributed by atoms with Gasteiger partial charge in [0.2, 0.25) is 0 Å². The molecule has 0 radical (unpaired) electrons. The van der Waals surface area contributed by atoms with E-state index in [9.17, 15) is 4.79 Å². The molecular weight excluding hydrogens is 192 g/mol. The predicted molar refractivity (Wildman–Crippen MR) is 48.5 cm³/mol. The molecule has 0 fully saturated rings. The second-order valence-electron chi connectivity index (χ2n) is 2.31. The molecule has 84 valence electrons. The molecular formula is C8H16O6. The van der Waals surface area contributed by atoms with Gasteiger partial charge in [0.05, 0.1) is 6.61 Å². The highest BCUT2D eigenvalue weighted by atomic mass is 16.4. The first-order valence-corrected chi connectivity index (χ1v) is 3.83. The molecule has 0 unspecified atom stereocenters. The zero-order valence-corrected chi connectivity index (χ0v) is 7.70. The molecule has 0 aliphatic rings. The summed E-state index contributed by atoms with van der Waals surface area (Å²) in [5.41, 5.74) is 0. The summed E-state index contributed by atoms with van der Waals surface area (Å²) in [4.78, 5) is 10.5. The molecule has 5 N–H and O–H groups in total. The van der Waals surface area contributed by atoms with E-state index in [4.69, 9.17) is 25.5 Å². The van der Waals surface area contributed by atoms with Crippen LogP contribution in [0.3, 0.4) is 0 Å². The van der Waals surface area contributed by atoms with Gasteiger partial charge in [-0.05, 0) is 0 Å². The van der Waals surface area contributed by atoms with E-state index in [0.29, 0.717) is 0 Å². The lowest BCUT2D eigenvalue weighted by Crippen LogP contribution is -2.44. The normalized spacial score (nSPS) is 16.1. The minimum atomic E-state index is -1.86. The highest BCUT2D eigenvalue weighted by Gasteiger charge is 2.28. The van der Waals surface area contributed by atoms with Crippen LogP contribution in [0.1, 0.15) is 0 Å². The maximum atomic E-state index is 10.5. The van der Waals surface area contributed by atoms with Crippen LogP contribution in [0.15, 0.2) is 13.2 Å². The molecule has 0 rings (SSSR count). The highest BCUT2D eigenvalue weighted by Crippen LogP contribution is 2.00. The Morgan fingerprint density at radius 2 is 1.57 bits per heavy atom. The Morgan fingerprint density at radius 1 is 1.14 bits per heavy atom. The summed E-state index contributed by atoms with van der Waals surface area (Å²) in [6.07, 6.45) is -5.22. The van der Waals surface area contributed by atoms with E-state index >= 15 is 0 Å². The number of carbonyl (C=O) groups excluding carboxylic acids is 1. The maximum Gasteiger partial charge on any atom is 0.189 e. The quantitative estimate of drug-likeness (QED) is 0.317. The molecule has 3 atom stereocenters. The molecule has 0 saturated carbocycles. The predicted octanol–water partition coefficient (Wildman–Crippen LogP) is -2.57. The van der Waals surface area contributed by atoms with Crippen LogP contribution >= 0.6 is 0 Å². The Balaban J connectivity index is 0. The van der Waals surface area contributed by atoms with Gasteiger partial charge in [0, 0.05) is 0 Å². The van der Waals surface area contributed by atoms with Gasteiger partial charge in [-0.2, -0.15) is 0 Å². The molecule has 0 bridgehead atoms. The molecule has 14 heavy (non-hydrogen) atoms. The molecule has 0 saturated heterocycles. The summed E-state index contributed by atoms with van der Waals surface area (Å²) >= 11 is 0. The fourth-order valence-corrected chi connectivity index (χ4v) is 0.602. The Hall–Kier alpha value is -0.790. The van der Waals surface area contributed by atoms with Crippen LogP contribution in [0.25, 0.3) is 0 Å². The third-order valence-electron chi connectivity index (χ3n) is 1.39. The summed E-state index contributed by atoms with van der Waals surface area (Å²) in [6, 6.07) is 0. The Bertz CT molecular complexity index is 160.